The van der Waals surface area contributed by atoms with Crippen LogP contribution in [0, 0.1) is 5.82 Å². The molecule has 1 aliphatic rings. The van der Waals surface area contributed by atoms with Gasteiger partial charge >= 0.3 is 0 Å². The van der Waals surface area contributed by atoms with Crippen LogP contribution in [0.1, 0.15) is 11.5 Å². The van der Waals surface area contributed by atoms with Crippen LogP contribution in [0.2, 0.25) is 0 Å². The van der Waals surface area contributed by atoms with Gasteiger partial charge < -0.3 is 33.3 Å². The lowest BCUT2D eigenvalue weighted by Gasteiger charge is -2.37. The molecule has 10 nitrogen and oxygen atoms in total. The maximum atomic E-state index is 15.0. The summed E-state index contributed by atoms with van der Waals surface area (Å²) in [5, 5.41) is 11.0. The summed E-state index contributed by atoms with van der Waals surface area (Å²) in [6.07, 6.45) is 3.03. The van der Waals surface area contributed by atoms with Gasteiger partial charge in [0, 0.05) is 43.9 Å². The number of carbonyl (C=O) groups excluding carboxylic acids is 1. The maximum Gasteiger partial charge on any atom is 0.248 e. The molecule has 0 saturated carbocycles. The number of amides is 1. The lowest BCUT2D eigenvalue weighted by Crippen LogP contribution is -2.50. The van der Waals surface area contributed by atoms with E-state index in [1.165, 1.54) is 12.3 Å². The van der Waals surface area contributed by atoms with Crippen molar-refractivity contribution < 1.29 is 27.4 Å². The molecule has 3 aromatic heterocycles. The second-order valence-electron chi connectivity index (χ2n) is 7.99. The fourth-order valence-electron chi connectivity index (χ4n) is 3.95. The van der Waals surface area contributed by atoms with Crippen molar-refractivity contribution in [3.05, 3.63) is 72.3 Å². The number of para-hydroxylation sites is 1. The number of anilines is 2. The Morgan fingerprint density at radius 3 is 2.71 bits per heavy atom. The van der Waals surface area contributed by atoms with Gasteiger partial charge in [0.05, 0.1) is 18.5 Å². The Morgan fingerprint density at radius 2 is 1.94 bits per heavy atom. The van der Waals surface area contributed by atoms with E-state index in [0.29, 0.717) is 67.0 Å². The van der Waals surface area contributed by atoms with Crippen LogP contribution in [0.4, 0.5) is 15.9 Å². The van der Waals surface area contributed by atoms with Crippen molar-refractivity contribution in [1.29, 1.82) is 0 Å². The SMILES string of the molecule is O=C(COCc1ccco1)N1CCN(c2c(F)cccc2-c2cc(CNc3ccon3)on2)CC1. The van der Waals surface area contributed by atoms with E-state index in [9.17, 15) is 9.18 Å². The molecule has 1 saturated heterocycles. The predicted molar refractivity (Wildman–Crippen MR) is 123 cm³/mol. The van der Waals surface area contributed by atoms with Crippen LogP contribution >= 0.6 is 0 Å². The van der Waals surface area contributed by atoms with Gasteiger partial charge in [0.15, 0.2) is 11.6 Å². The number of piperazine rings is 1. The number of halogens is 1. The highest BCUT2D eigenvalue weighted by molar-refractivity contribution is 5.79. The third-order valence-corrected chi connectivity index (χ3v) is 5.70. The zero-order chi connectivity index (χ0) is 24.0. The number of furan rings is 1. The Bertz CT molecular complexity index is 1230. The summed E-state index contributed by atoms with van der Waals surface area (Å²) in [7, 11) is 0. The minimum Gasteiger partial charge on any atom is -0.467 e. The number of rotatable bonds is 9. The number of hydrogen-bond acceptors (Lipinski definition) is 9. The number of aromatic nitrogens is 2. The van der Waals surface area contributed by atoms with Gasteiger partial charge in [-0.15, -0.1) is 0 Å². The Labute approximate surface area is 200 Å². The normalized spacial score (nSPS) is 13.9. The average molecular weight is 481 g/mol. The highest BCUT2D eigenvalue weighted by Gasteiger charge is 2.26. The van der Waals surface area contributed by atoms with Crippen molar-refractivity contribution in [3.63, 3.8) is 0 Å². The minimum atomic E-state index is -0.352. The van der Waals surface area contributed by atoms with Crippen LogP contribution in [-0.4, -0.2) is 53.9 Å². The third kappa shape index (κ3) is 5.35. The summed E-state index contributed by atoms with van der Waals surface area (Å²) in [5.41, 5.74) is 1.60. The average Bonchev–Trinajstić information content (AvgIpc) is 3.66. The van der Waals surface area contributed by atoms with Gasteiger partial charge in [-0.2, -0.15) is 0 Å². The molecule has 0 bridgehead atoms. The second-order valence-corrected chi connectivity index (χ2v) is 7.99. The molecule has 182 valence electrons. The van der Waals surface area contributed by atoms with Crippen LogP contribution in [0.3, 0.4) is 0 Å². The Balaban J connectivity index is 1.20. The summed E-state index contributed by atoms with van der Waals surface area (Å²) in [6.45, 7) is 2.45. The van der Waals surface area contributed by atoms with Crippen molar-refractivity contribution in [1.82, 2.24) is 15.2 Å². The van der Waals surface area contributed by atoms with E-state index in [1.807, 2.05) is 11.0 Å². The number of ether oxygens (including phenoxy) is 1. The highest BCUT2D eigenvalue weighted by atomic mass is 19.1. The number of nitrogens with one attached hydrogen (secondary N) is 1. The molecule has 1 fully saturated rings. The Kier molecular flexibility index (Phi) is 6.75. The number of carbonyl (C=O) groups is 1. The van der Waals surface area contributed by atoms with E-state index in [2.05, 4.69) is 15.6 Å². The number of benzene rings is 1. The molecule has 4 heterocycles. The van der Waals surface area contributed by atoms with Gasteiger partial charge in [0.2, 0.25) is 5.91 Å². The molecule has 1 N–H and O–H groups in total. The minimum absolute atomic E-state index is 0.0320. The molecule has 0 spiro atoms. The zero-order valence-corrected chi connectivity index (χ0v) is 18.9. The fourth-order valence-corrected chi connectivity index (χ4v) is 3.95. The van der Waals surface area contributed by atoms with Crippen molar-refractivity contribution in [3.8, 4) is 11.3 Å². The first kappa shape index (κ1) is 22.7. The molecule has 5 rings (SSSR count). The second kappa shape index (κ2) is 10.4. The van der Waals surface area contributed by atoms with Crippen molar-refractivity contribution in [2.24, 2.45) is 0 Å². The third-order valence-electron chi connectivity index (χ3n) is 5.70. The van der Waals surface area contributed by atoms with Crippen molar-refractivity contribution in [2.45, 2.75) is 13.2 Å². The van der Waals surface area contributed by atoms with Gasteiger partial charge in [-0.3, -0.25) is 4.79 Å². The first-order chi connectivity index (χ1) is 17.2. The van der Waals surface area contributed by atoms with E-state index >= 15 is 0 Å². The van der Waals surface area contributed by atoms with Crippen LogP contribution in [0.15, 0.2) is 68.5 Å². The molecule has 11 heteroatoms. The topological polar surface area (TPSA) is 110 Å². The van der Waals surface area contributed by atoms with Crippen LogP contribution < -0.4 is 10.2 Å². The molecule has 0 unspecified atom stereocenters. The van der Waals surface area contributed by atoms with Crippen LogP contribution in [0.5, 0.6) is 0 Å². The van der Waals surface area contributed by atoms with E-state index in [1.54, 1.807) is 41.5 Å². The fraction of sp³-hybridized carbons (Fsp3) is 0.292. The van der Waals surface area contributed by atoms with Crippen LogP contribution in [-0.2, 0) is 22.7 Å². The molecule has 1 aromatic carbocycles. The first-order valence-electron chi connectivity index (χ1n) is 11.2. The van der Waals surface area contributed by atoms with Crippen molar-refractivity contribution >= 4 is 17.4 Å². The van der Waals surface area contributed by atoms with Gasteiger partial charge in [0.25, 0.3) is 0 Å². The lowest BCUT2D eigenvalue weighted by molar-refractivity contribution is -0.137. The summed E-state index contributed by atoms with van der Waals surface area (Å²) < 4.78 is 35.8. The van der Waals surface area contributed by atoms with Gasteiger partial charge in [-0.1, -0.05) is 22.4 Å². The summed E-state index contributed by atoms with van der Waals surface area (Å²) in [5.74, 6) is 1.36. The first-order valence-corrected chi connectivity index (χ1v) is 11.2. The largest absolute Gasteiger partial charge is 0.467 e. The number of hydrogen-bond donors (Lipinski definition) is 1. The molecular formula is C24H24FN5O5. The summed E-state index contributed by atoms with van der Waals surface area (Å²) >= 11 is 0. The lowest BCUT2D eigenvalue weighted by atomic mass is 10.1. The summed E-state index contributed by atoms with van der Waals surface area (Å²) in [6, 6.07) is 11.9. The standard InChI is InChI=1S/C24H24FN5O5/c25-20-5-1-4-19(21-13-18(35-27-21)14-26-22-6-12-34-28-22)24(20)30-9-7-29(8-10-30)23(31)16-32-15-17-3-2-11-33-17/h1-6,11-13H,7-10,14-16H2,(H,26,28). The predicted octanol–water partition coefficient (Wildman–Crippen LogP) is 3.54. The Morgan fingerprint density at radius 1 is 1.06 bits per heavy atom. The van der Waals surface area contributed by atoms with Gasteiger partial charge in [-0.05, 0) is 18.2 Å². The molecular weight excluding hydrogens is 457 g/mol. The van der Waals surface area contributed by atoms with E-state index in [0.717, 1.165) is 0 Å². The quantitative estimate of drug-likeness (QED) is 0.384. The molecule has 4 aromatic rings. The number of nitrogens with zero attached hydrogens (tertiary/aromatic N) is 4. The van der Waals surface area contributed by atoms with E-state index < -0.39 is 0 Å². The molecule has 35 heavy (non-hydrogen) atoms. The maximum absolute atomic E-state index is 15.0. The van der Waals surface area contributed by atoms with E-state index in [4.69, 9.17) is 18.2 Å². The molecule has 0 atom stereocenters. The summed E-state index contributed by atoms with van der Waals surface area (Å²) in [4.78, 5) is 16.2. The monoisotopic (exact) mass is 481 g/mol. The zero-order valence-electron chi connectivity index (χ0n) is 18.9. The van der Waals surface area contributed by atoms with E-state index in [-0.39, 0.29) is 24.9 Å². The highest BCUT2D eigenvalue weighted by Crippen LogP contribution is 2.33. The van der Waals surface area contributed by atoms with Gasteiger partial charge in [-0.25, -0.2) is 4.39 Å². The smallest absolute Gasteiger partial charge is 0.248 e. The van der Waals surface area contributed by atoms with Gasteiger partial charge in [0.1, 0.15) is 36.7 Å². The van der Waals surface area contributed by atoms with Crippen molar-refractivity contribution in [2.75, 3.05) is 43.0 Å². The molecule has 0 radical (unpaired) electrons. The molecule has 0 aliphatic carbocycles. The molecule has 1 aliphatic heterocycles. The van der Waals surface area contributed by atoms with Crippen LogP contribution in [0.25, 0.3) is 11.3 Å². The molecule has 1 amide bonds. The Hall–Kier alpha value is -4.12.